The van der Waals surface area contributed by atoms with Gasteiger partial charge in [0.1, 0.15) is 6.54 Å². The zero-order valence-corrected chi connectivity index (χ0v) is 11.1. The molecule has 2 N–H and O–H groups in total. The summed E-state index contributed by atoms with van der Waals surface area (Å²) in [6.07, 6.45) is -4.46. The van der Waals surface area contributed by atoms with Gasteiger partial charge in [0.2, 0.25) is 5.91 Å². The Morgan fingerprint density at radius 2 is 2.10 bits per heavy atom. The maximum Gasteiger partial charge on any atom is 0.405 e. The highest BCUT2D eigenvalue weighted by atomic mass is 19.4. The molecule has 0 saturated heterocycles. The van der Waals surface area contributed by atoms with E-state index in [1.165, 1.54) is 25.1 Å². The predicted molar refractivity (Wildman–Crippen MR) is 68.5 cm³/mol. The zero-order chi connectivity index (χ0) is 16.0. The van der Waals surface area contributed by atoms with Crippen molar-refractivity contribution in [3.05, 3.63) is 39.9 Å². The van der Waals surface area contributed by atoms with Crippen LogP contribution in [0.4, 0.5) is 18.9 Å². The summed E-state index contributed by atoms with van der Waals surface area (Å²) >= 11 is 0. The summed E-state index contributed by atoms with van der Waals surface area (Å²) < 4.78 is 35.9. The Balaban J connectivity index is 2.49. The quantitative estimate of drug-likeness (QED) is 0.619. The number of carbonyl (C=O) groups excluding carboxylic acids is 1. The molecule has 0 bridgehead atoms. The fourth-order valence-electron chi connectivity index (χ4n) is 1.48. The predicted octanol–water partition coefficient (Wildman–Crippen LogP) is 1.75. The highest BCUT2D eigenvalue weighted by Gasteiger charge is 2.28. The summed E-state index contributed by atoms with van der Waals surface area (Å²) in [7, 11) is 0. The summed E-state index contributed by atoms with van der Waals surface area (Å²) in [5.41, 5.74) is 0.461. The highest BCUT2D eigenvalue weighted by Crippen LogP contribution is 2.13. The number of benzene rings is 1. The van der Waals surface area contributed by atoms with Crippen molar-refractivity contribution < 1.29 is 22.9 Å². The molecule has 0 saturated carbocycles. The van der Waals surface area contributed by atoms with Gasteiger partial charge in [-0.1, -0.05) is 12.1 Å². The van der Waals surface area contributed by atoms with E-state index in [2.05, 4.69) is 5.32 Å². The number of hydrogen-bond acceptors (Lipinski definition) is 4. The molecule has 0 spiro atoms. The number of nitrogens with one attached hydrogen (secondary N) is 2. The molecule has 0 radical (unpaired) electrons. The molecule has 1 unspecified atom stereocenters. The molecule has 116 valence electrons. The second-order valence-electron chi connectivity index (χ2n) is 4.36. The standard InChI is InChI=1S/C12H14F3N3O3/c1-8(11(19)17-7-12(13,14)15)16-6-9-3-2-4-10(5-9)18(20)21/h2-5,8,16H,6-7H2,1H3,(H,17,19). The van der Waals surface area contributed by atoms with Crippen molar-refractivity contribution >= 4 is 11.6 Å². The van der Waals surface area contributed by atoms with Crippen LogP contribution in [0.25, 0.3) is 0 Å². The molecule has 6 nitrogen and oxygen atoms in total. The SMILES string of the molecule is CC(NCc1cccc([N+](=O)[O-])c1)C(=O)NCC(F)(F)F. The maximum atomic E-state index is 12.0. The lowest BCUT2D eigenvalue weighted by atomic mass is 10.2. The number of hydrogen-bond donors (Lipinski definition) is 2. The van der Waals surface area contributed by atoms with E-state index in [0.29, 0.717) is 5.56 Å². The number of amides is 1. The Morgan fingerprint density at radius 3 is 2.67 bits per heavy atom. The van der Waals surface area contributed by atoms with E-state index in [9.17, 15) is 28.1 Å². The summed E-state index contributed by atoms with van der Waals surface area (Å²) in [6.45, 7) is 0.139. The van der Waals surface area contributed by atoms with Crippen LogP contribution in [0, 0.1) is 10.1 Å². The molecule has 0 aliphatic rings. The molecular formula is C12H14F3N3O3. The minimum Gasteiger partial charge on any atom is -0.346 e. The van der Waals surface area contributed by atoms with Crippen LogP contribution in [0.2, 0.25) is 0 Å². The van der Waals surface area contributed by atoms with Gasteiger partial charge in [0.15, 0.2) is 0 Å². The second-order valence-corrected chi connectivity index (χ2v) is 4.36. The van der Waals surface area contributed by atoms with E-state index in [1.807, 2.05) is 0 Å². The van der Waals surface area contributed by atoms with Gasteiger partial charge in [-0.25, -0.2) is 0 Å². The van der Waals surface area contributed by atoms with E-state index in [1.54, 1.807) is 11.4 Å². The van der Waals surface area contributed by atoms with E-state index < -0.39 is 29.6 Å². The first kappa shape index (κ1) is 16.9. The third-order valence-electron chi connectivity index (χ3n) is 2.59. The Kier molecular flexibility index (Phi) is 5.65. The van der Waals surface area contributed by atoms with E-state index in [-0.39, 0.29) is 12.2 Å². The summed E-state index contributed by atoms with van der Waals surface area (Å²) in [6, 6.07) is 4.90. The van der Waals surface area contributed by atoms with Crippen molar-refractivity contribution in [2.24, 2.45) is 0 Å². The average Bonchev–Trinajstić information content (AvgIpc) is 2.41. The summed E-state index contributed by atoms with van der Waals surface area (Å²) in [4.78, 5) is 21.4. The van der Waals surface area contributed by atoms with Crippen LogP contribution in [-0.2, 0) is 11.3 Å². The summed E-state index contributed by atoms with van der Waals surface area (Å²) in [5.74, 6) is -0.794. The van der Waals surface area contributed by atoms with Gasteiger partial charge in [0.05, 0.1) is 11.0 Å². The third-order valence-corrected chi connectivity index (χ3v) is 2.59. The number of halogens is 3. The number of nitro benzene ring substituents is 1. The van der Waals surface area contributed by atoms with Crippen molar-refractivity contribution in [2.75, 3.05) is 6.54 Å². The van der Waals surface area contributed by atoms with E-state index in [0.717, 1.165) is 0 Å². The molecule has 1 amide bonds. The first-order valence-electron chi connectivity index (χ1n) is 6.00. The molecule has 1 atom stereocenters. The number of rotatable bonds is 6. The van der Waals surface area contributed by atoms with Crippen molar-refractivity contribution in [1.82, 2.24) is 10.6 Å². The van der Waals surface area contributed by atoms with E-state index in [4.69, 9.17) is 0 Å². The fourth-order valence-corrected chi connectivity index (χ4v) is 1.48. The van der Waals surface area contributed by atoms with Gasteiger partial charge < -0.3 is 10.6 Å². The van der Waals surface area contributed by atoms with Crippen LogP contribution in [0.5, 0.6) is 0 Å². The molecule has 1 aromatic carbocycles. The van der Waals surface area contributed by atoms with Crippen molar-refractivity contribution in [3.8, 4) is 0 Å². The molecule has 0 aliphatic heterocycles. The minimum absolute atomic E-state index is 0.0940. The molecular weight excluding hydrogens is 291 g/mol. The number of nitrogens with zero attached hydrogens (tertiary/aromatic N) is 1. The van der Waals surface area contributed by atoms with Crippen LogP contribution in [-0.4, -0.2) is 29.6 Å². The van der Waals surface area contributed by atoms with Crippen molar-refractivity contribution in [2.45, 2.75) is 25.7 Å². The lowest BCUT2D eigenvalue weighted by Gasteiger charge is -2.15. The molecule has 9 heteroatoms. The van der Waals surface area contributed by atoms with Gasteiger partial charge in [-0.3, -0.25) is 14.9 Å². The smallest absolute Gasteiger partial charge is 0.346 e. The van der Waals surface area contributed by atoms with Gasteiger partial charge in [0, 0.05) is 18.7 Å². The Hall–Kier alpha value is -2.16. The molecule has 21 heavy (non-hydrogen) atoms. The Morgan fingerprint density at radius 1 is 1.43 bits per heavy atom. The fraction of sp³-hybridized carbons (Fsp3) is 0.417. The van der Waals surface area contributed by atoms with Crippen LogP contribution in [0.1, 0.15) is 12.5 Å². The largest absolute Gasteiger partial charge is 0.405 e. The highest BCUT2D eigenvalue weighted by molar-refractivity contribution is 5.81. The number of carbonyl (C=O) groups is 1. The van der Waals surface area contributed by atoms with Crippen LogP contribution in [0.3, 0.4) is 0 Å². The topological polar surface area (TPSA) is 84.3 Å². The first-order chi connectivity index (χ1) is 9.69. The van der Waals surface area contributed by atoms with Crippen LogP contribution < -0.4 is 10.6 Å². The maximum absolute atomic E-state index is 12.0. The van der Waals surface area contributed by atoms with Gasteiger partial charge in [0.25, 0.3) is 5.69 Å². The number of alkyl halides is 3. The average molecular weight is 305 g/mol. The monoisotopic (exact) mass is 305 g/mol. The second kappa shape index (κ2) is 7.02. The molecule has 0 aromatic heterocycles. The van der Waals surface area contributed by atoms with E-state index >= 15 is 0 Å². The summed E-state index contributed by atoms with van der Waals surface area (Å²) in [5, 5.41) is 15.0. The van der Waals surface area contributed by atoms with Gasteiger partial charge >= 0.3 is 6.18 Å². The Labute approximate surface area is 118 Å². The molecule has 0 fully saturated rings. The molecule has 0 heterocycles. The number of non-ortho nitro benzene ring substituents is 1. The third kappa shape index (κ3) is 6.21. The minimum atomic E-state index is -4.46. The lowest BCUT2D eigenvalue weighted by Crippen LogP contribution is -2.44. The normalized spacial score (nSPS) is 12.8. The molecule has 0 aliphatic carbocycles. The molecule has 1 aromatic rings. The zero-order valence-electron chi connectivity index (χ0n) is 11.1. The lowest BCUT2D eigenvalue weighted by molar-refractivity contribution is -0.384. The molecule has 1 rings (SSSR count). The van der Waals surface area contributed by atoms with Gasteiger partial charge in [-0.05, 0) is 12.5 Å². The van der Waals surface area contributed by atoms with Crippen LogP contribution >= 0.6 is 0 Å². The van der Waals surface area contributed by atoms with Crippen LogP contribution in [0.15, 0.2) is 24.3 Å². The first-order valence-corrected chi connectivity index (χ1v) is 6.00. The van der Waals surface area contributed by atoms with Gasteiger partial charge in [-0.15, -0.1) is 0 Å². The Bertz CT molecular complexity index is 520. The van der Waals surface area contributed by atoms with Gasteiger partial charge in [-0.2, -0.15) is 13.2 Å². The number of nitro groups is 1. The van der Waals surface area contributed by atoms with Crippen molar-refractivity contribution in [1.29, 1.82) is 0 Å². The van der Waals surface area contributed by atoms with Crippen molar-refractivity contribution in [3.63, 3.8) is 0 Å².